The number of piperidine rings is 1. The Hall–Kier alpha value is -0.380. The minimum atomic E-state index is 0.376. The zero-order valence-electron chi connectivity index (χ0n) is 9.36. The van der Waals surface area contributed by atoms with Crippen molar-refractivity contribution in [1.29, 1.82) is 0 Å². The van der Waals surface area contributed by atoms with Gasteiger partial charge in [-0.25, -0.2) is 0 Å². The predicted molar refractivity (Wildman–Crippen MR) is 66.2 cm³/mol. The van der Waals surface area contributed by atoms with Gasteiger partial charge in [0.05, 0.1) is 0 Å². The zero-order valence-corrected chi connectivity index (χ0v) is 10.2. The van der Waals surface area contributed by atoms with Crippen molar-refractivity contribution in [3.05, 3.63) is 22.4 Å². The van der Waals surface area contributed by atoms with E-state index in [0.717, 1.165) is 13.1 Å². The molecule has 0 saturated carbocycles. The van der Waals surface area contributed by atoms with Crippen molar-refractivity contribution in [3.8, 4) is 0 Å². The summed E-state index contributed by atoms with van der Waals surface area (Å²) in [6, 6.07) is 2.60. The van der Waals surface area contributed by atoms with Crippen LogP contribution in [0.4, 0.5) is 0 Å². The summed E-state index contributed by atoms with van der Waals surface area (Å²) in [5.74, 6) is 0.697. The summed E-state index contributed by atoms with van der Waals surface area (Å²) >= 11 is 1.78. The van der Waals surface area contributed by atoms with Gasteiger partial charge in [-0.2, -0.15) is 11.3 Å². The van der Waals surface area contributed by atoms with Crippen molar-refractivity contribution in [2.24, 2.45) is 11.7 Å². The van der Waals surface area contributed by atoms with Crippen LogP contribution < -0.4 is 5.73 Å². The van der Waals surface area contributed by atoms with E-state index >= 15 is 0 Å². The van der Waals surface area contributed by atoms with Crippen LogP contribution in [-0.2, 0) is 6.42 Å². The molecule has 1 aliphatic heterocycles. The van der Waals surface area contributed by atoms with Crippen molar-refractivity contribution in [2.45, 2.75) is 25.8 Å². The van der Waals surface area contributed by atoms with Gasteiger partial charge in [-0.1, -0.05) is 6.92 Å². The molecule has 1 aromatic rings. The highest BCUT2D eigenvalue weighted by Gasteiger charge is 2.22. The van der Waals surface area contributed by atoms with E-state index in [4.69, 9.17) is 5.73 Å². The van der Waals surface area contributed by atoms with E-state index < -0.39 is 0 Å². The Kier molecular flexibility index (Phi) is 3.78. The minimum absolute atomic E-state index is 0.376. The lowest BCUT2D eigenvalue weighted by Crippen LogP contribution is -2.47. The molecule has 0 aromatic carbocycles. The van der Waals surface area contributed by atoms with E-state index in [-0.39, 0.29) is 0 Å². The third-order valence-corrected chi connectivity index (χ3v) is 4.13. The minimum Gasteiger partial charge on any atom is -0.326 e. The van der Waals surface area contributed by atoms with Crippen molar-refractivity contribution < 1.29 is 0 Å². The maximum atomic E-state index is 6.08. The van der Waals surface area contributed by atoms with Crippen molar-refractivity contribution in [1.82, 2.24) is 4.90 Å². The molecular formula is C12H20N2S. The molecule has 2 rings (SSSR count). The summed E-state index contributed by atoms with van der Waals surface area (Å²) in [5, 5.41) is 4.39. The number of hydrogen-bond donors (Lipinski definition) is 1. The molecular weight excluding hydrogens is 204 g/mol. The molecule has 0 spiro atoms. The number of thiophene rings is 1. The lowest BCUT2D eigenvalue weighted by Gasteiger charge is -2.34. The van der Waals surface area contributed by atoms with Crippen LogP contribution in [0.1, 0.15) is 18.9 Å². The molecule has 2 atom stereocenters. The van der Waals surface area contributed by atoms with Gasteiger partial charge in [0.1, 0.15) is 0 Å². The third kappa shape index (κ3) is 3.03. The van der Waals surface area contributed by atoms with E-state index in [9.17, 15) is 0 Å². The monoisotopic (exact) mass is 224 g/mol. The molecule has 2 N–H and O–H groups in total. The first kappa shape index (κ1) is 11.1. The van der Waals surface area contributed by atoms with Crippen LogP contribution in [0, 0.1) is 5.92 Å². The smallest absolute Gasteiger partial charge is 0.0194 e. The van der Waals surface area contributed by atoms with Gasteiger partial charge in [0.15, 0.2) is 0 Å². The highest BCUT2D eigenvalue weighted by Crippen LogP contribution is 2.16. The molecule has 0 amide bonds. The van der Waals surface area contributed by atoms with Crippen LogP contribution in [0.15, 0.2) is 16.8 Å². The van der Waals surface area contributed by atoms with Gasteiger partial charge in [-0.05, 0) is 47.7 Å². The molecule has 84 valence electrons. The first-order chi connectivity index (χ1) is 7.25. The Morgan fingerprint density at radius 1 is 1.60 bits per heavy atom. The van der Waals surface area contributed by atoms with E-state index in [1.54, 1.807) is 11.3 Å². The average molecular weight is 224 g/mol. The molecule has 2 nitrogen and oxygen atoms in total. The Balaban J connectivity index is 1.76. The molecule has 15 heavy (non-hydrogen) atoms. The van der Waals surface area contributed by atoms with Crippen molar-refractivity contribution >= 4 is 11.3 Å². The lowest BCUT2D eigenvalue weighted by atomic mass is 9.94. The fourth-order valence-corrected chi connectivity index (χ4v) is 2.80. The molecule has 1 aromatic heterocycles. The van der Waals surface area contributed by atoms with Crippen LogP contribution in [0.5, 0.6) is 0 Å². The predicted octanol–water partition coefficient (Wildman–Crippen LogP) is 1.96. The van der Waals surface area contributed by atoms with Crippen LogP contribution in [-0.4, -0.2) is 30.6 Å². The Morgan fingerprint density at radius 3 is 3.13 bits per heavy atom. The van der Waals surface area contributed by atoms with Crippen LogP contribution in [0.25, 0.3) is 0 Å². The largest absolute Gasteiger partial charge is 0.326 e. The van der Waals surface area contributed by atoms with Crippen molar-refractivity contribution in [3.63, 3.8) is 0 Å². The zero-order chi connectivity index (χ0) is 10.7. The maximum absolute atomic E-state index is 6.08. The van der Waals surface area contributed by atoms with Crippen LogP contribution >= 0.6 is 11.3 Å². The molecule has 0 aliphatic carbocycles. The van der Waals surface area contributed by atoms with Gasteiger partial charge in [0, 0.05) is 19.1 Å². The first-order valence-electron chi connectivity index (χ1n) is 5.74. The molecule has 0 bridgehead atoms. The third-order valence-electron chi connectivity index (χ3n) is 3.40. The quantitative estimate of drug-likeness (QED) is 0.850. The second-order valence-corrected chi connectivity index (χ2v) is 5.39. The second kappa shape index (κ2) is 5.10. The maximum Gasteiger partial charge on any atom is 0.0194 e. The standard InChI is InChI=1S/C12H20N2S/c1-10-2-5-14(8-12(10)13)6-3-11-4-7-15-9-11/h4,7,9-10,12H,2-3,5-6,8,13H2,1H3. The van der Waals surface area contributed by atoms with Gasteiger partial charge >= 0.3 is 0 Å². The van der Waals surface area contributed by atoms with Gasteiger partial charge in [0.2, 0.25) is 0 Å². The molecule has 2 unspecified atom stereocenters. The fraction of sp³-hybridized carbons (Fsp3) is 0.667. The first-order valence-corrected chi connectivity index (χ1v) is 6.69. The van der Waals surface area contributed by atoms with Gasteiger partial charge in [-0.15, -0.1) is 0 Å². The summed E-state index contributed by atoms with van der Waals surface area (Å²) in [6.45, 7) is 5.72. The SMILES string of the molecule is CC1CCN(CCc2ccsc2)CC1N. The number of hydrogen-bond acceptors (Lipinski definition) is 3. The van der Waals surface area contributed by atoms with Gasteiger partial charge in [0.25, 0.3) is 0 Å². The van der Waals surface area contributed by atoms with E-state index in [0.29, 0.717) is 12.0 Å². The molecule has 3 heteroatoms. The van der Waals surface area contributed by atoms with E-state index in [2.05, 4.69) is 28.7 Å². The molecule has 2 heterocycles. The Morgan fingerprint density at radius 2 is 2.47 bits per heavy atom. The number of rotatable bonds is 3. The summed E-state index contributed by atoms with van der Waals surface area (Å²) in [5.41, 5.74) is 7.54. The molecule has 1 aliphatic rings. The number of likely N-dealkylation sites (tertiary alicyclic amines) is 1. The highest BCUT2D eigenvalue weighted by atomic mass is 32.1. The van der Waals surface area contributed by atoms with Crippen molar-refractivity contribution in [2.75, 3.05) is 19.6 Å². The van der Waals surface area contributed by atoms with Gasteiger partial charge < -0.3 is 10.6 Å². The summed E-state index contributed by atoms with van der Waals surface area (Å²) < 4.78 is 0. The van der Waals surface area contributed by atoms with E-state index in [1.807, 2.05) is 0 Å². The number of nitrogens with zero attached hydrogens (tertiary/aromatic N) is 1. The Labute approximate surface area is 96.1 Å². The Bertz CT molecular complexity index is 284. The van der Waals surface area contributed by atoms with Crippen LogP contribution in [0.2, 0.25) is 0 Å². The molecule has 1 saturated heterocycles. The second-order valence-electron chi connectivity index (χ2n) is 4.61. The van der Waals surface area contributed by atoms with E-state index in [1.165, 1.54) is 24.9 Å². The highest BCUT2D eigenvalue weighted by molar-refractivity contribution is 7.07. The summed E-state index contributed by atoms with van der Waals surface area (Å²) in [6.07, 6.45) is 2.43. The fourth-order valence-electron chi connectivity index (χ4n) is 2.09. The topological polar surface area (TPSA) is 29.3 Å². The summed E-state index contributed by atoms with van der Waals surface area (Å²) in [7, 11) is 0. The molecule has 0 radical (unpaired) electrons. The number of nitrogens with two attached hydrogens (primary N) is 1. The van der Waals surface area contributed by atoms with Gasteiger partial charge in [-0.3, -0.25) is 0 Å². The molecule has 1 fully saturated rings. The summed E-state index contributed by atoms with van der Waals surface area (Å²) in [4.78, 5) is 2.50. The average Bonchev–Trinajstić information content (AvgIpc) is 2.73. The lowest BCUT2D eigenvalue weighted by molar-refractivity contribution is 0.171. The normalized spacial score (nSPS) is 28.1. The van der Waals surface area contributed by atoms with Crippen LogP contribution in [0.3, 0.4) is 0 Å².